The summed E-state index contributed by atoms with van der Waals surface area (Å²) in [4.78, 5) is 20.2. The third-order valence-electron chi connectivity index (χ3n) is 2.87. The molecule has 0 spiro atoms. The standard InChI is InChI=1S/C13H10N2O2/c1-17-13(16)12-11-9(6-7-14-12)8-4-2-3-5-10(8)15-11/h2-7,12H,1H3. The Hall–Kier alpha value is -2.23. The van der Waals surface area contributed by atoms with Gasteiger partial charge in [0.25, 0.3) is 0 Å². The monoisotopic (exact) mass is 226 g/mol. The number of hydrogen-bond donors (Lipinski definition) is 0. The molecule has 3 rings (SSSR count). The van der Waals surface area contributed by atoms with Gasteiger partial charge in [0.05, 0.1) is 18.5 Å². The summed E-state index contributed by atoms with van der Waals surface area (Å²) in [5, 5.41) is 0. The number of ether oxygens (including phenoxy) is 1. The maximum atomic E-state index is 11.6. The molecular weight excluding hydrogens is 216 g/mol. The highest BCUT2D eigenvalue weighted by molar-refractivity contribution is 6.38. The first-order valence-corrected chi connectivity index (χ1v) is 5.31. The van der Waals surface area contributed by atoms with E-state index in [0.717, 1.165) is 16.8 Å². The Balaban J connectivity index is 2.09. The van der Waals surface area contributed by atoms with E-state index in [1.807, 2.05) is 30.3 Å². The summed E-state index contributed by atoms with van der Waals surface area (Å²) in [7, 11) is 1.36. The van der Waals surface area contributed by atoms with Gasteiger partial charge in [-0.2, -0.15) is 0 Å². The Morgan fingerprint density at radius 3 is 3.00 bits per heavy atom. The smallest absolute Gasteiger partial charge is 0.336 e. The Bertz CT molecular complexity index is 585. The molecule has 0 bridgehead atoms. The van der Waals surface area contributed by atoms with Crippen molar-refractivity contribution < 1.29 is 9.53 Å². The first-order valence-electron chi connectivity index (χ1n) is 5.31. The Kier molecular flexibility index (Phi) is 2.14. The van der Waals surface area contributed by atoms with Crippen LogP contribution < -0.4 is 0 Å². The van der Waals surface area contributed by atoms with Crippen LogP contribution in [0.15, 0.2) is 40.3 Å². The largest absolute Gasteiger partial charge is 0.467 e. The molecular formula is C13H10N2O2. The van der Waals surface area contributed by atoms with Gasteiger partial charge in [-0.15, -0.1) is 0 Å². The number of carbonyl (C=O) groups is 1. The number of methoxy groups -OCH3 is 1. The van der Waals surface area contributed by atoms with E-state index < -0.39 is 6.04 Å². The zero-order valence-electron chi connectivity index (χ0n) is 9.25. The van der Waals surface area contributed by atoms with Crippen molar-refractivity contribution in [2.45, 2.75) is 6.04 Å². The van der Waals surface area contributed by atoms with Crippen LogP contribution in [0.3, 0.4) is 0 Å². The fourth-order valence-corrected chi connectivity index (χ4v) is 2.07. The van der Waals surface area contributed by atoms with Crippen molar-refractivity contribution >= 4 is 29.2 Å². The number of para-hydroxylation sites is 1. The van der Waals surface area contributed by atoms with Crippen molar-refractivity contribution in [3.8, 4) is 0 Å². The minimum atomic E-state index is -0.632. The summed E-state index contributed by atoms with van der Waals surface area (Å²) < 4.78 is 4.74. The Morgan fingerprint density at radius 2 is 2.18 bits per heavy atom. The lowest BCUT2D eigenvalue weighted by molar-refractivity contribution is -0.140. The fraction of sp³-hybridized carbons (Fsp3) is 0.154. The van der Waals surface area contributed by atoms with E-state index >= 15 is 0 Å². The third-order valence-corrected chi connectivity index (χ3v) is 2.87. The predicted molar refractivity (Wildman–Crippen MR) is 65.8 cm³/mol. The second kappa shape index (κ2) is 3.66. The van der Waals surface area contributed by atoms with E-state index in [9.17, 15) is 4.79 Å². The lowest BCUT2D eigenvalue weighted by atomic mass is 9.97. The quantitative estimate of drug-likeness (QED) is 0.685. The maximum absolute atomic E-state index is 11.6. The van der Waals surface area contributed by atoms with Gasteiger partial charge in [-0.05, 0) is 12.1 Å². The topological polar surface area (TPSA) is 51.0 Å². The molecule has 84 valence electrons. The zero-order valence-corrected chi connectivity index (χ0v) is 9.25. The number of hydrogen-bond acceptors (Lipinski definition) is 4. The Labute approximate surface area is 98.4 Å². The normalized spacial score (nSPS) is 20.2. The highest BCUT2D eigenvalue weighted by atomic mass is 16.5. The number of dihydropyridines is 1. The van der Waals surface area contributed by atoms with Gasteiger partial charge in [-0.25, -0.2) is 9.79 Å². The number of aliphatic imine (C=N–C) groups is 2. The third kappa shape index (κ3) is 1.41. The summed E-state index contributed by atoms with van der Waals surface area (Å²) in [5.41, 5.74) is 3.57. The summed E-state index contributed by atoms with van der Waals surface area (Å²) in [6.45, 7) is 0. The summed E-state index contributed by atoms with van der Waals surface area (Å²) >= 11 is 0. The molecule has 4 nitrogen and oxygen atoms in total. The van der Waals surface area contributed by atoms with Crippen LogP contribution in [-0.2, 0) is 9.53 Å². The van der Waals surface area contributed by atoms with Gasteiger partial charge in [0, 0.05) is 17.4 Å². The molecule has 0 amide bonds. The van der Waals surface area contributed by atoms with Gasteiger partial charge < -0.3 is 4.74 Å². The number of allylic oxidation sites excluding steroid dienone is 1. The van der Waals surface area contributed by atoms with Crippen LogP contribution >= 0.6 is 0 Å². The molecule has 0 radical (unpaired) electrons. The molecule has 0 saturated carbocycles. The minimum Gasteiger partial charge on any atom is -0.467 e. The number of fused-ring (bicyclic) bond motifs is 3. The van der Waals surface area contributed by atoms with Crippen LogP contribution in [0.5, 0.6) is 0 Å². The average Bonchev–Trinajstić information content (AvgIpc) is 2.76. The van der Waals surface area contributed by atoms with Crippen molar-refractivity contribution in [1.82, 2.24) is 0 Å². The predicted octanol–water partition coefficient (Wildman–Crippen LogP) is 1.78. The van der Waals surface area contributed by atoms with Crippen molar-refractivity contribution in [3.05, 3.63) is 35.9 Å². The van der Waals surface area contributed by atoms with Crippen molar-refractivity contribution in [2.24, 2.45) is 9.98 Å². The fourth-order valence-electron chi connectivity index (χ4n) is 2.07. The Morgan fingerprint density at radius 1 is 1.35 bits per heavy atom. The first kappa shape index (κ1) is 9.96. The lowest BCUT2D eigenvalue weighted by Crippen LogP contribution is -2.31. The van der Waals surface area contributed by atoms with E-state index in [1.54, 1.807) is 6.21 Å². The van der Waals surface area contributed by atoms with Gasteiger partial charge in [0.2, 0.25) is 0 Å². The number of nitrogens with zero attached hydrogens (tertiary/aromatic N) is 2. The molecule has 1 aromatic carbocycles. The van der Waals surface area contributed by atoms with E-state index in [1.165, 1.54) is 7.11 Å². The number of benzene rings is 1. The molecule has 0 saturated heterocycles. The number of esters is 1. The van der Waals surface area contributed by atoms with Crippen LogP contribution in [0.2, 0.25) is 0 Å². The SMILES string of the molecule is COC(=O)C1N=CC=C2C1=Nc1ccccc12. The number of rotatable bonds is 1. The summed E-state index contributed by atoms with van der Waals surface area (Å²) in [6.07, 6.45) is 3.52. The molecule has 0 fully saturated rings. The molecule has 17 heavy (non-hydrogen) atoms. The molecule has 4 heteroatoms. The van der Waals surface area contributed by atoms with Crippen molar-refractivity contribution in [3.63, 3.8) is 0 Å². The molecule has 0 aliphatic carbocycles. The minimum absolute atomic E-state index is 0.376. The van der Waals surface area contributed by atoms with Gasteiger partial charge in [0.1, 0.15) is 0 Å². The summed E-state index contributed by atoms with van der Waals surface area (Å²) in [6, 6.07) is 7.17. The van der Waals surface area contributed by atoms with E-state index in [0.29, 0.717) is 5.71 Å². The molecule has 2 aliphatic heterocycles. The van der Waals surface area contributed by atoms with Crippen molar-refractivity contribution in [1.29, 1.82) is 0 Å². The highest BCUT2D eigenvalue weighted by Crippen LogP contribution is 2.37. The number of carbonyl (C=O) groups excluding carboxylic acids is 1. The zero-order chi connectivity index (χ0) is 11.8. The van der Waals surface area contributed by atoms with Gasteiger partial charge in [0.15, 0.2) is 6.04 Å². The van der Waals surface area contributed by atoms with E-state index in [4.69, 9.17) is 4.74 Å². The average molecular weight is 226 g/mol. The van der Waals surface area contributed by atoms with Gasteiger partial charge in [-0.3, -0.25) is 4.99 Å². The molecule has 2 heterocycles. The highest BCUT2D eigenvalue weighted by Gasteiger charge is 2.33. The second-order valence-corrected chi connectivity index (χ2v) is 3.82. The molecule has 1 atom stereocenters. The van der Waals surface area contributed by atoms with E-state index in [2.05, 4.69) is 9.98 Å². The van der Waals surface area contributed by atoms with Crippen molar-refractivity contribution in [2.75, 3.05) is 7.11 Å². The van der Waals surface area contributed by atoms with Crippen LogP contribution in [0.4, 0.5) is 5.69 Å². The van der Waals surface area contributed by atoms with Crippen LogP contribution in [0.25, 0.3) is 5.57 Å². The van der Waals surface area contributed by atoms with Crippen LogP contribution in [0.1, 0.15) is 5.56 Å². The van der Waals surface area contributed by atoms with Gasteiger partial charge in [-0.1, -0.05) is 18.2 Å². The molecule has 0 aromatic heterocycles. The first-order chi connectivity index (χ1) is 8.31. The molecule has 1 aromatic rings. The lowest BCUT2D eigenvalue weighted by Gasteiger charge is -2.14. The molecule has 0 N–H and O–H groups in total. The maximum Gasteiger partial charge on any atom is 0.336 e. The summed E-state index contributed by atoms with van der Waals surface area (Å²) in [5.74, 6) is -0.376. The second-order valence-electron chi connectivity index (χ2n) is 3.82. The molecule has 2 aliphatic rings. The molecule has 1 unspecified atom stereocenters. The van der Waals surface area contributed by atoms with E-state index in [-0.39, 0.29) is 5.97 Å². The van der Waals surface area contributed by atoms with Gasteiger partial charge >= 0.3 is 5.97 Å². The van der Waals surface area contributed by atoms with Crippen LogP contribution in [-0.4, -0.2) is 31.0 Å². The van der Waals surface area contributed by atoms with Crippen LogP contribution in [0, 0.1) is 0 Å².